The van der Waals surface area contributed by atoms with E-state index in [0.717, 1.165) is 5.56 Å². The van der Waals surface area contributed by atoms with Crippen molar-refractivity contribution in [3.63, 3.8) is 0 Å². The summed E-state index contributed by atoms with van der Waals surface area (Å²) in [6, 6.07) is 1.87. The number of nitrogens with one attached hydrogen (secondary N) is 1. The van der Waals surface area contributed by atoms with E-state index < -0.39 is 6.68 Å². The van der Waals surface area contributed by atoms with Gasteiger partial charge in [-0.15, -0.1) is 0 Å². The number of anilines is 1. The molecule has 1 amide bonds. The molecule has 0 spiro atoms. The molecule has 138 valence electrons. The van der Waals surface area contributed by atoms with Gasteiger partial charge in [0.05, 0.1) is 19.0 Å². The van der Waals surface area contributed by atoms with Crippen LogP contribution in [0.1, 0.15) is 37.7 Å². The van der Waals surface area contributed by atoms with Crippen LogP contribution in [0.5, 0.6) is 5.88 Å². The summed E-state index contributed by atoms with van der Waals surface area (Å²) in [5.74, 6) is 0.956. The Labute approximate surface area is 145 Å². The van der Waals surface area contributed by atoms with Crippen molar-refractivity contribution < 1.29 is 22.7 Å². The van der Waals surface area contributed by atoms with Crippen molar-refractivity contribution in [2.45, 2.75) is 38.8 Å². The number of pyridine rings is 1. The minimum absolute atomic E-state index is 0.246. The summed E-state index contributed by atoms with van der Waals surface area (Å²) in [6.07, 6.45) is 13.6. The van der Waals surface area contributed by atoms with E-state index in [1.54, 1.807) is 13.3 Å². The molecule has 1 heterocycles. The van der Waals surface area contributed by atoms with Crippen molar-refractivity contribution in [1.29, 1.82) is 0 Å². The van der Waals surface area contributed by atoms with E-state index in [1.807, 2.05) is 12.1 Å². The van der Waals surface area contributed by atoms with Crippen molar-refractivity contribution in [2.75, 3.05) is 12.4 Å². The predicted molar refractivity (Wildman–Crippen MR) is 92.3 cm³/mol. The Bertz CT molecular complexity index is 583. The average Bonchev–Trinajstić information content (AvgIpc) is 2.60. The molecule has 25 heavy (non-hydrogen) atoms. The van der Waals surface area contributed by atoms with Crippen LogP contribution in [-0.2, 0) is 4.79 Å². The number of rotatable bonds is 5. The molecule has 1 aliphatic rings. The van der Waals surface area contributed by atoms with E-state index in [1.165, 1.54) is 38.2 Å². The number of ether oxygens (including phenoxy) is 1. The number of amides is 1. The minimum Gasteiger partial charge on any atom is -0.481 e. The molecular weight excluding hydrogens is 333 g/mol. The van der Waals surface area contributed by atoms with E-state index >= 15 is 0 Å². The fraction of sp³-hybridized carbons (Fsp3) is 0.444. The second-order valence-corrected chi connectivity index (χ2v) is 5.52. The molecule has 0 saturated heterocycles. The van der Waals surface area contributed by atoms with Crippen molar-refractivity contribution in [3.8, 4) is 5.88 Å². The standard InChI is InChI=1S/C17H22N2O2.CHF3/c1-3-16(20)19-15-11-14(17(21-2)18-12-15)10-9-13-7-5-4-6-8-13;2-1(3)4/h3,9-13H,1,4-8H2,2H3,(H,19,20);1H/b10-9+;. The first-order valence-electron chi connectivity index (χ1n) is 8.04. The second kappa shape index (κ2) is 11.3. The number of nitrogens with zero attached hydrogens (tertiary/aromatic N) is 1. The minimum atomic E-state index is -3.67. The lowest BCUT2D eigenvalue weighted by molar-refractivity contribution is -0.111. The Hall–Kier alpha value is -2.31. The largest absolute Gasteiger partial charge is 0.481 e. The summed E-state index contributed by atoms with van der Waals surface area (Å²) in [7, 11) is 1.60. The molecule has 0 unspecified atom stereocenters. The molecule has 1 fully saturated rings. The zero-order valence-electron chi connectivity index (χ0n) is 14.2. The number of hydrogen-bond donors (Lipinski definition) is 1. The van der Waals surface area contributed by atoms with Gasteiger partial charge in [0.15, 0.2) is 0 Å². The molecular formula is C18H23F3N2O2. The van der Waals surface area contributed by atoms with Crippen LogP contribution >= 0.6 is 0 Å². The number of carbonyl (C=O) groups is 1. The highest BCUT2D eigenvalue weighted by atomic mass is 19.4. The third-order valence-corrected chi connectivity index (χ3v) is 3.72. The van der Waals surface area contributed by atoms with Gasteiger partial charge in [-0.1, -0.05) is 38.0 Å². The number of alkyl halides is 3. The highest BCUT2D eigenvalue weighted by Crippen LogP contribution is 2.27. The molecule has 0 atom stereocenters. The highest BCUT2D eigenvalue weighted by Gasteiger charge is 2.11. The van der Waals surface area contributed by atoms with Gasteiger partial charge in [0.1, 0.15) is 0 Å². The van der Waals surface area contributed by atoms with Crippen LogP contribution in [0.3, 0.4) is 0 Å². The zero-order valence-corrected chi connectivity index (χ0v) is 14.2. The fourth-order valence-corrected chi connectivity index (χ4v) is 2.59. The smallest absolute Gasteiger partial charge is 0.379 e. The van der Waals surface area contributed by atoms with Crippen LogP contribution in [0, 0.1) is 5.92 Å². The van der Waals surface area contributed by atoms with Crippen molar-refractivity contribution >= 4 is 17.7 Å². The number of halogens is 3. The van der Waals surface area contributed by atoms with E-state index in [9.17, 15) is 18.0 Å². The molecule has 1 saturated carbocycles. The maximum Gasteiger partial charge on any atom is 0.379 e. The monoisotopic (exact) mass is 356 g/mol. The second-order valence-electron chi connectivity index (χ2n) is 5.52. The van der Waals surface area contributed by atoms with E-state index in [-0.39, 0.29) is 5.91 Å². The lowest BCUT2D eigenvalue weighted by Crippen LogP contribution is -2.08. The molecule has 1 N–H and O–H groups in total. The van der Waals surface area contributed by atoms with Crippen molar-refractivity contribution in [2.24, 2.45) is 5.92 Å². The average molecular weight is 356 g/mol. The first-order valence-corrected chi connectivity index (χ1v) is 8.04. The molecule has 2 rings (SSSR count). The van der Waals surface area contributed by atoms with Gasteiger partial charge in [-0.25, -0.2) is 4.98 Å². The molecule has 0 aliphatic heterocycles. The molecule has 0 radical (unpaired) electrons. The van der Waals surface area contributed by atoms with Crippen LogP contribution in [0.15, 0.2) is 31.0 Å². The van der Waals surface area contributed by atoms with Crippen molar-refractivity contribution in [1.82, 2.24) is 4.98 Å². The summed E-state index contributed by atoms with van der Waals surface area (Å²) in [6.45, 7) is -0.227. The van der Waals surface area contributed by atoms with Crippen LogP contribution < -0.4 is 10.1 Å². The van der Waals surface area contributed by atoms with Gasteiger partial charge in [-0.3, -0.25) is 4.79 Å². The van der Waals surface area contributed by atoms with Crippen molar-refractivity contribution in [3.05, 3.63) is 36.6 Å². The Morgan fingerprint density at radius 2 is 2.00 bits per heavy atom. The first kappa shape index (κ1) is 20.7. The number of aromatic nitrogens is 1. The van der Waals surface area contributed by atoms with Crippen LogP contribution in [0.25, 0.3) is 6.08 Å². The quantitative estimate of drug-likeness (QED) is 0.757. The molecule has 0 bridgehead atoms. The number of carbonyl (C=O) groups excluding carboxylic acids is 1. The molecule has 0 aromatic carbocycles. The third kappa shape index (κ3) is 8.37. The Morgan fingerprint density at radius 1 is 1.36 bits per heavy atom. The molecule has 1 aromatic heterocycles. The fourth-order valence-electron chi connectivity index (χ4n) is 2.59. The van der Waals surface area contributed by atoms with Gasteiger partial charge in [-0.05, 0) is 30.9 Å². The number of methoxy groups -OCH3 is 1. The summed E-state index contributed by atoms with van der Waals surface area (Å²) in [5, 5.41) is 2.71. The predicted octanol–water partition coefficient (Wildman–Crippen LogP) is 4.99. The normalized spacial score (nSPS) is 14.8. The molecule has 1 aliphatic carbocycles. The maximum atomic E-state index is 11.3. The Balaban J connectivity index is 0.000000705. The molecule has 4 nitrogen and oxygen atoms in total. The summed E-state index contributed by atoms with van der Waals surface area (Å²) < 4.78 is 34.3. The van der Waals surface area contributed by atoms with Gasteiger partial charge in [0.25, 0.3) is 0 Å². The summed E-state index contributed by atoms with van der Waals surface area (Å²) in [4.78, 5) is 15.6. The van der Waals surface area contributed by atoms with E-state index in [4.69, 9.17) is 4.74 Å². The lowest BCUT2D eigenvalue weighted by atomic mass is 9.89. The molecule has 1 aromatic rings. The first-order chi connectivity index (χ1) is 12.0. The highest BCUT2D eigenvalue weighted by molar-refractivity contribution is 5.98. The van der Waals surface area contributed by atoms with Crippen LogP contribution in [0.2, 0.25) is 0 Å². The van der Waals surface area contributed by atoms with Crippen LogP contribution in [0.4, 0.5) is 18.9 Å². The summed E-state index contributed by atoms with van der Waals surface area (Å²) >= 11 is 0. The van der Waals surface area contributed by atoms with Gasteiger partial charge in [-0.2, -0.15) is 13.2 Å². The van der Waals surface area contributed by atoms with Gasteiger partial charge < -0.3 is 10.1 Å². The van der Waals surface area contributed by atoms with E-state index in [2.05, 4.69) is 23.0 Å². The van der Waals surface area contributed by atoms with E-state index in [0.29, 0.717) is 17.5 Å². The van der Waals surface area contributed by atoms with Gasteiger partial charge in [0, 0.05) is 5.56 Å². The Morgan fingerprint density at radius 3 is 2.56 bits per heavy atom. The maximum absolute atomic E-state index is 11.3. The number of hydrogen-bond acceptors (Lipinski definition) is 3. The SMILES string of the molecule is C=CC(=O)Nc1cnc(OC)c(/C=C/C2CCCCC2)c1.FC(F)F. The Kier molecular flexibility index (Phi) is 9.36. The van der Waals surface area contributed by atoms with Gasteiger partial charge >= 0.3 is 6.68 Å². The summed E-state index contributed by atoms with van der Waals surface area (Å²) in [5.41, 5.74) is 1.52. The number of allylic oxidation sites excluding steroid dienone is 1. The molecule has 7 heteroatoms. The zero-order chi connectivity index (χ0) is 18.7. The third-order valence-electron chi connectivity index (χ3n) is 3.72. The van der Waals surface area contributed by atoms with Gasteiger partial charge in [0.2, 0.25) is 11.8 Å². The topological polar surface area (TPSA) is 51.2 Å². The van der Waals surface area contributed by atoms with Crippen LogP contribution in [-0.4, -0.2) is 24.7 Å². The lowest BCUT2D eigenvalue weighted by Gasteiger charge is -2.17.